The summed E-state index contributed by atoms with van der Waals surface area (Å²) in [6.45, 7) is 2.31. The number of nitrogens with zero attached hydrogens (tertiary/aromatic N) is 1. The van der Waals surface area contributed by atoms with Crippen molar-refractivity contribution in [3.63, 3.8) is 0 Å². The summed E-state index contributed by atoms with van der Waals surface area (Å²) in [5.41, 5.74) is 7.41. The number of hydrogen-bond donors (Lipinski definition) is 1. The molecular formula is C14H24N2S. The van der Waals surface area contributed by atoms with Gasteiger partial charge in [0.2, 0.25) is 0 Å². The van der Waals surface area contributed by atoms with Crippen LogP contribution in [0.3, 0.4) is 0 Å². The molecule has 1 atom stereocenters. The molecule has 2 N–H and O–H groups in total. The van der Waals surface area contributed by atoms with Gasteiger partial charge >= 0.3 is 0 Å². The molecule has 1 aromatic rings. The molecule has 0 heterocycles. The largest absolute Gasteiger partial charge is 0.324 e. The van der Waals surface area contributed by atoms with Crippen molar-refractivity contribution in [3.05, 3.63) is 35.9 Å². The second-order valence-corrected chi connectivity index (χ2v) is 5.44. The summed E-state index contributed by atoms with van der Waals surface area (Å²) in [5, 5.41) is 0. The Labute approximate surface area is 110 Å². The van der Waals surface area contributed by atoms with E-state index in [0.29, 0.717) is 0 Å². The molecule has 0 aromatic heterocycles. The molecule has 0 aliphatic carbocycles. The standard InChI is InChI=1S/C14H24N2S/c1-16(11-12-17-2)10-6-9-14(15)13-7-4-3-5-8-13/h3-5,7-8,14H,6,9-12,15H2,1-2H3. The third kappa shape index (κ3) is 6.10. The van der Waals surface area contributed by atoms with Crippen LogP contribution in [0.1, 0.15) is 24.4 Å². The Bertz CT molecular complexity index is 290. The lowest BCUT2D eigenvalue weighted by atomic mass is 10.0. The Morgan fingerprint density at radius 3 is 2.59 bits per heavy atom. The second-order valence-electron chi connectivity index (χ2n) is 4.46. The van der Waals surface area contributed by atoms with Gasteiger partial charge in [0.25, 0.3) is 0 Å². The van der Waals surface area contributed by atoms with E-state index in [2.05, 4.69) is 42.5 Å². The van der Waals surface area contributed by atoms with E-state index in [1.807, 2.05) is 17.8 Å². The Balaban J connectivity index is 2.18. The zero-order valence-electron chi connectivity index (χ0n) is 10.9. The second kappa shape index (κ2) is 8.56. The summed E-state index contributed by atoms with van der Waals surface area (Å²) in [6, 6.07) is 10.6. The van der Waals surface area contributed by atoms with Gasteiger partial charge in [-0.25, -0.2) is 0 Å². The van der Waals surface area contributed by atoms with Gasteiger partial charge in [-0.05, 0) is 38.3 Å². The highest BCUT2D eigenvalue weighted by Crippen LogP contribution is 2.15. The van der Waals surface area contributed by atoms with Crippen LogP contribution in [-0.2, 0) is 0 Å². The van der Waals surface area contributed by atoms with Crippen LogP contribution < -0.4 is 5.73 Å². The van der Waals surface area contributed by atoms with E-state index < -0.39 is 0 Å². The van der Waals surface area contributed by atoms with Crippen molar-refractivity contribution >= 4 is 11.8 Å². The van der Waals surface area contributed by atoms with Gasteiger partial charge in [0, 0.05) is 18.3 Å². The van der Waals surface area contributed by atoms with Gasteiger partial charge in [-0.15, -0.1) is 0 Å². The first kappa shape index (κ1) is 14.6. The molecule has 0 amide bonds. The van der Waals surface area contributed by atoms with Crippen molar-refractivity contribution in [1.82, 2.24) is 4.90 Å². The third-order valence-corrected chi connectivity index (χ3v) is 3.55. The van der Waals surface area contributed by atoms with E-state index in [-0.39, 0.29) is 6.04 Å². The first-order chi connectivity index (χ1) is 8.24. The molecule has 1 unspecified atom stereocenters. The number of hydrogen-bond acceptors (Lipinski definition) is 3. The van der Waals surface area contributed by atoms with E-state index in [4.69, 9.17) is 5.73 Å². The Hall–Kier alpha value is -0.510. The normalized spacial score (nSPS) is 12.9. The molecule has 0 aliphatic heterocycles. The lowest BCUT2D eigenvalue weighted by Gasteiger charge is -2.17. The highest BCUT2D eigenvalue weighted by Gasteiger charge is 2.05. The van der Waals surface area contributed by atoms with E-state index in [0.717, 1.165) is 13.0 Å². The quantitative estimate of drug-likeness (QED) is 0.771. The van der Waals surface area contributed by atoms with Crippen LogP contribution in [0.15, 0.2) is 30.3 Å². The summed E-state index contributed by atoms with van der Waals surface area (Å²) in [4.78, 5) is 2.38. The lowest BCUT2D eigenvalue weighted by molar-refractivity contribution is 0.340. The van der Waals surface area contributed by atoms with E-state index in [9.17, 15) is 0 Å². The number of rotatable bonds is 8. The molecule has 0 fully saturated rings. The molecule has 0 saturated carbocycles. The van der Waals surface area contributed by atoms with Crippen molar-refractivity contribution in [3.8, 4) is 0 Å². The predicted octanol–water partition coefficient (Wildman–Crippen LogP) is 2.76. The maximum absolute atomic E-state index is 6.16. The Morgan fingerprint density at radius 1 is 1.24 bits per heavy atom. The minimum atomic E-state index is 0.185. The molecule has 0 radical (unpaired) electrons. The van der Waals surface area contributed by atoms with Crippen molar-refractivity contribution < 1.29 is 0 Å². The molecule has 0 bridgehead atoms. The molecule has 96 valence electrons. The van der Waals surface area contributed by atoms with Gasteiger partial charge in [0.1, 0.15) is 0 Å². The highest BCUT2D eigenvalue weighted by molar-refractivity contribution is 7.98. The van der Waals surface area contributed by atoms with E-state index in [1.54, 1.807) is 0 Å². The fraction of sp³-hybridized carbons (Fsp3) is 0.571. The predicted molar refractivity (Wildman–Crippen MR) is 78.5 cm³/mol. The average Bonchev–Trinajstić information content (AvgIpc) is 2.37. The summed E-state index contributed by atoms with van der Waals surface area (Å²) in [5.74, 6) is 1.21. The van der Waals surface area contributed by atoms with Gasteiger partial charge in [0.05, 0.1) is 0 Å². The molecule has 1 rings (SSSR count). The average molecular weight is 252 g/mol. The first-order valence-electron chi connectivity index (χ1n) is 6.22. The molecule has 17 heavy (non-hydrogen) atoms. The highest BCUT2D eigenvalue weighted by atomic mass is 32.2. The Kier molecular flexibility index (Phi) is 7.33. The molecule has 3 heteroatoms. The van der Waals surface area contributed by atoms with Crippen molar-refractivity contribution in [2.45, 2.75) is 18.9 Å². The Morgan fingerprint density at radius 2 is 1.94 bits per heavy atom. The summed E-state index contributed by atoms with van der Waals surface area (Å²) in [6.07, 6.45) is 4.38. The van der Waals surface area contributed by atoms with Gasteiger partial charge in [-0.2, -0.15) is 11.8 Å². The van der Waals surface area contributed by atoms with Gasteiger partial charge in [-0.3, -0.25) is 0 Å². The van der Waals surface area contributed by atoms with Crippen LogP contribution in [0, 0.1) is 0 Å². The maximum atomic E-state index is 6.16. The van der Waals surface area contributed by atoms with Gasteiger partial charge in [0.15, 0.2) is 0 Å². The maximum Gasteiger partial charge on any atom is 0.0295 e. The molecule has 2 nitrogen and oxygen atoms in total. The number of thioether (sulfide) groups is 1. The topological polar surface area (TPSA) is 29.3 Å². The summed E-state index contributed by atoms with van der Waals surface area (Å²) < 4.78 is 0. The smallest absolute Gasteiger partial charge is 0.0295 e. The van der Waals surface area contributed by atoms with Crippen molar-refractivity contribution in [1.29, 1.82) is 0 Å². The molecule has 0 aliphatic rings. The number of nitrogens with two attached hydrogens (primary N) is 1. The van der Waals surface area contributed by atoms with Crippen LogP contribution in [0.25, 0.3) is 0 Å². The van der Waals surface area contributed by atoms with Crippen LogP contribution in [0.2, 0.25) is 0 Å². The fourth-order valence-electron chi connectivity index (χ4n) is 1.81. The zero-order valence-corrected chi connectivity index (χ0v) is 11.7. The number of benzene rings is 1. The minimum Gasteiger partial charge on any atom is -0.324 e. The molecule has 0 spiro atoms. The van der Waals surface area contributed by atoms with Crippen molar-refractivity contribution in [2.75, 3.05) is 32.1 Å². The van der Waals surface area contributed by atoms with Crippen LogP contribution in [-0.4, -0.2) is 37.0 Å². The fourth-order valence-corrected chi connectivity index (χ4v) is 2.30. The van der Waals surface area contributed by atoms with Crippen molar-refractivity contribution in [2.24, 2.45) is 5.73 Å². The third-order valence-electron chi connectivity index (χ3n) is 2.96. The van der Waals surface area contributed by atoms with Gasteiger partial charge in [-0.1, -0.05) is 30.3 Å². The zero-order chi connectivity index (χ0) is 12.5. The van der Waals surface area contributed by atoms with E-state index >= 15 is 0 Å². The minimum absolute atomic E-state index is 0.185. The molecule has 0 saturated heterocycles. The van der Waals surface area contributed by atoms with E-state index in [1.165, 1.54) is 24.3 Å². The van der Waals surface area contributed by atoms with Crippen LogP contribution >= 0.6 is 11.8 Å². The first-order valence-corrected chi connectivity index (χ1v) is 7.61. The SMILES string of the molecule is CSCCN(C)CCCC(N)c1ccccc1. The van der Waals surface area contributed by atoms with Crippen LogP contribution in [0.4, 0.5) is 0 Å². The molecular weight excluding hydrogens is 228 g/mol. The lowest BCUT2D eigenvalue weighted by Crippen LogP contribution is -2.23. The summed E-state index contributed by atoms with van der Waals surface area (Å²) >= 11 is 1.90. The van der Waals surface area contributed by atoms with Crippen LogP contribution in [0.5, 0.6) is 0 Å². The summed E-state index contributed by atoms with van der Waals surface area (Å²) in [7, 11) is 2.18. The van der Waals surface area contributed by atoms with Gasteiger partial charge < -0.3 is 10.6 Å². The monoisotopic (exact) mass is 252 g/mol. The molecule has 1 aromatic carbocycles.